The van der Waals surface area contributed by atoms with Crippen LogP contribution in [0.4, 0.5) is 18.9 Å². The molecule has 0 fully saturated rings. The van der Waals surface area contributed by atoms with Gasteiger partial charge in [-0.1, -0.05) is 17.7 Å². The van der Waals surface area contributed by atoms with Crippen molar-refractivity contribution in [2.75, 3.05) is 0 Å². The van der Waals surface area contributed by atoms with Gasteiger partial charge >= 0.3 is 6.18 Å². The zero-order valence-corrected chi connectivity index (χ0v) is 8.77. The molecule has 0 saturated carbocycles. The fourth-order valence-corrected chi connectivity index (χ4v) is 1.50. The molecule has 0 radical (unpaired) electrons. The number of alkyl halides is 3. The first kappa shape index (κ1) is 11.4. The summed E-state index contributed by atoms with van der Waals surface area (Å²) in [5.74, 6) is 0. The van der Waals surface area contributed by atoms with Crippen LogP contribution in [-0.2, 0) is 18.0 Å². The lowest BCUT2D eigenvalue weighted by atomic mass is 10.1. The maximum absolute atomic E-state index is 12.1. The van der Waals surface area contributed by atoms with Crippen molar-refractivity contribution < 1.29 is 17.9 Å². The first-order valence-electron chi connectivity index (χ1n) is 4.48. The number of hydrogen-bond acceptors (Lipinski definition) is 2. The van der Waals surface area contributed by atoms with Gasteiger partial charge in [0.2, 0.25) is 5.17 Å². The second-order valence-corrected chi connectivity index (χ2v) is 3.70. The molecule has 0 aromatic heterocycles. The first-order valence-corrected chi connectivity index (χ1v) is 4.85. The summed E-state index contributed by atoms with van der Waals surface area (Å²) in [7, 11) is 0. The zero-order chi connectivity index (χ0) is 11.8. The highest BCUT2D eigenvalue weighted by atomic mass is 35.5. The minimum absolute atomic E-state index is 0.187. The lowest BCUT2D eigenvalue weighted by molar-refractivity contribution is -0.0558. The minimum Gasteiger partial charge on any atom is -0.372 e. The Balaban J connectivity index is 2.29. The predicted octanol–water partition coefficient (Wildman–Crippen LogP) is 3.55. The van der Waals surface area contributed by atoms with Crippen LogP contribution >= 0.6 is 11.6 Å². The van der Waals surface area contributed by atoms with Crippen molar-refractivity contribution in [3.05, 3.63) is 29.3 Å². The van der Waals surface area contributed by atoms with Crippen LogP contribution in [0.5, 0.6) is 0 Å². The summed E-state index contributed by atoms with van der Waals surface area (Å²) in [5, 5.41) is -1.37. The number of halogens is 4. The van der Waals surface area contributed by atoms with Gasteiger partial charge in [-0.05, 0) is 23.3 Å². The average Bonchev–Trinajstić information content (AvgIpc) is 2.63. The second kappa shape index (κ2) is 4.07. The molecule has 6 heteroatoms. The normalized spacial score (nSPS) is 16.4. The van der Waals surface area contributed by atoms with Crippen LogP contribution in [0.3, 0.4) is 0 Å². The number of fused-ring (bicyclic) bond motifs is 1. The van der Waals surface area contributed by atoms with E-state index in [9.17, 15) is 13.2 Å². The van der Waals surface area contributed by atoms with Crippen LogP contribution in [0.1, 0.15) is 11.1 Å². The quantitative estimate of drug-likeness (QED) is 0.698. The Morgan fingerprint density at radius 3 is 2.62 bits per heavy atom. The Morgan fingerprint density at radius 2 is 1.94 bits per heavy atom. The molecule has 0 N–H and O–H groups in total. The molecule has 1 aliphatic rings. The van der Waals surface area contributed by atoms with Gasteiger partial charge in [-0.15, -0.1) is 0 Å². The summed E-state index contributed by atoms with van der Waals surface area (Å²) in [6, 6.07) is 4.74. The van der Waals surface area contributed by atoms with Crippen LogP contribution in [0.25, 0.3) is 0 Å². The molecule has 2 rings (SSSR count). The molecule has 0 bridgehead atoms. The van der Waals surface area contributed by atoms with Gasteiger partial charge in [-0.2, -0.15) is 13.2 Å². The summed E-state index contributed by atoms with van der Waals surface area (Å²) in [5.41, 5.74) is 2.02. The first-order chi connectivity index (χ1) is 7.47. The van der Waals surface area contributed by atoms with Crippen molar-refractivity contribution in [2.24, 2.45) is 4.99 Å². The number of hydrogen-bond donors (Lipinski definition) is 0. The number of ether oxygens (including phenoxy) is 1. The van der Waals surface area contributed by atoms with Crippen LogP contribution in [0.15, 0.2) is 23.2 Å². The molecule has 0 atom stereocenters. The van der Waals surface area contributed by atoms with E-state index in [0.29, 0.717) is 13.2 Å². The van der Waals surface area contributed by atoms with Crippen molar-refractivity contribution in [3.8, 4) is 0 Å². The third-order valence-corrected chi connectivity index (χ3v) is 2.46. The van der Waals surface area contributed by atoms with Gasteiger partial charge in [0.1, 0.15) is 0 Å². The smallest absolute Gasteiger partial charge is 0.372 e. The predicted molar refractivity (Wildman–Crippen MR) is 53.9 cm³/mol. The number of rotatable bonds is 1. The van der Waals surface area contributed by atoms with Gasteiger partial charge in [0, 0.05) is 0 Å². The van der Waals surface area contributed by atoms with Crippen molar-refractivity contribution in [2.45, 2.75) is 19.4 Å². The van der Waals surface area contributed by atoms with Crippen LogP contribution < -0.4 is 0 Å². The molecule has 0 saturated heterocycles. The molecule has 0 spiro atoms. The molecule has 86 valence electrons. The lowest BCUT2D eigenvalue weighted by Gasteiger charge is -2.04. The highest BCUT2D eigenvalue weighted by Crippen LogP contribution is 2.27. The van der Waals surface area contributed by atoms with Gasteiger partial charge in [-0.3, -0.25) is 0 Å². The molecule has 1 aromatic rings. The standard InChI is InChI=1S/C10H7ClF3NO/c11-9(10(12,13)14)15-8-2-1-6-4-16-5-7(6)3-8/h1-3H,4-5H2. The Kier molecular flexibility index (Phi) is 2.90. The fourth-order valence-electron chi connectivity index (χ4n) is 1.40. The Morgan fingerprint density at radius 1 is 1.25 bits per heavy atom. The largest absolute Gasteiger partial charge is 0.444 e. The van der Waals surface area contributed by atoms with E-state index < -0.39 is 11.3 Å². The zero-order valence-electron chi connectivity index (χ0n) is 8.01. The fraction of sp³-hybridized carbons (Fsp3) is 0.300. The van der Waals surface area contributed by atoms with E-state index in [1.165, 1.54) is 6.07 Å². The number of benzene rings is 1. The van der Waals surface area contributed by atoms with Crippen molar-refractivity contribution in [1.82, 2.24) is 0 Å². The molecule has 0 aliphatic carbocycles. The third-order valence-electron chi connectivity index (χ3n) is 2.17. The molecule has 1 aliphatic heterocycles. The van der Waals surface area contributed by atoms with Gasteiger partial charge in [0.05, 0.1) is 18.9 Å². The van der Waals surface area contributed by atoms with E-state index in [4.69, 9.17) is 16.3 Å². The molecular formula is C10H7ClF3NO. The van der Waals surface area contributed by atoms with Crippen molar-refractivity contribution in [3.63, 3.8) is 0 Å². The van der Waals surface area contributed by atoms with Gasteiger partial charge in [0.15, 0.2) is 0 Å². The molecule has 0 amide bonds. The van der Waals surface area contributed by atoms with Crippen molar-refractivity contribution >= 4 is 22.5 Å². The van der Waals surface area contributed by atoms with E-state index in [2.05, 4.69) is 4.99 Å². The molecule has 0 unspecified atom stereocenters. The second-order valence-electron chi connectivity index (χ2n) is 3.35. The molecule has 1 heterocycles. The third kappa shape index (κ3) is 2.36. The van der Waals surface area contributed by atoms with E-state index in [1.807, 2.05) is 0 Å². The van der Waals surface area contributed by atoms with Crippen LogP contribution in [-0.4, -0.2) is 11.3 Å². The summed E-state index contributed by atoms with van der Waals surface area (Å²) < 4.78 is 41.5. The monoisotopic (exact) mass is 249 g/mol. The number of aliphatic imine (C=N–C) groups is 1. The summed E-state index contributed by atoms with van der Waals surface area (Å²) in [4.78, 5) is 3.31. The molecular weight excluding hydrogens is 243 g/mol. The van der Waals surface area contributed by atoms with Gasteiger partial charge in [0.25, 0.3) is 0 Å². The lowest BCUT2D eigenvalue weighted by Crippen LogP contribution is -2.16. The Labute approximate surface area is 94.7 Å². The topological polar surface area (TPSA) is 21.6 Å². The van der Waals surface area contributed by atoms with Gasteiger partial charge < -0.3 is 4.74 Å². The van der Waals surface area contributed by atoms with E-state index in [-0.39, 0.29) is 5.69 Å². The highest BCUT2D eigenvalue weighted by molar-refractivity contribution is 6.67. The maximum Gasteiger partial charge on any atom is 0.444 e. The van der Waals surface area contributed by atoms with E-state index in [1.54, 1.807) is 12.1 Å². The maximum atomic E-state index is 12.1. The Hall–Kier alpha value is -1.07. The SMILES string of the molecule is FC(F)(F)C(Cl)=Nc1ccc2c(c1)COC2. The van der Waals surface area contributed by atoms with Crippen molar-refractivity contribution in [1.29, 1.82) is 0 Å². The summed E-state index contributed by atoms with van der Waals surface area (Å²) in [6.45, 7) is 0.897. The number of nitrogens with zero attached hydrogens (tertiary/aromatic N) is 1. The average molecular weight is 250 g/mol. The van der Waals surface area contributed by atoms with E-state index >= 15 is 0 Å². The minimum atomic E-state index is -4.60. The molecule has 1 aromatic carbocycles. The summed E-state index contributed by atoms with van der Waals surface area (Å²) >= 11 is 5.04. The molecule has 16 heavy (non-hydrogen) atoms. The summed E-state index contributed by atoms with van der Waals surface area (Å²) in [6.07, 6.45) is -4.60. The highest BCUT2D eigenvalue weighted by Gasteiger charge is 2.34. The molecule has 2 nitrogen and oxygen atoms in total. The van der Waals surface area contributed by atoms with Gasteiger partial charge in [-0.25, -0.2) is 4.99 Å². The van der Waals surface area contributed by atoms with E-state index in [0.717, 1.165) is 11.1 Å². The van der Waals surface area contributed by atoms with Crippen LogP contribution in [0, 0.1) is 0 Å². The Bertz CT molecular complexity index is 442. The van der Waals surface area contributed by atoms with Crippen LogP contribution in [0.2, 0.25) is 0 Å².